The molecule has 0 bridgehead atoms. The number of piperidine rings is 1. The van der Waals surface area contributed by atoms with E-state index in [0.29, 0.717) is 12.5 Å². The van der Waals surface area contributed by atoms with Crippen molar-refractivity contribution in [2.24, 2.45) is 5.92 Å². The molecule has 0 saturated carbocycles. The monoisotopic (exact) mass is 288 g/mol. The molecule has 2 unspecified atom stereocenters. The van der Waals surface area contributed by atoms with Gasteiger partial charge in [-0.05, 0) is 45.4 Å². The van der Waals surface area contributed by atoms with Gasteiger partial charge in [-0.25, -0.2) is 0 Å². The second kappa shape index (κ2) is 5.78. The zero-order valence-electron chi connectivity index (χ0n) is 12.9. The van der Waals surface area contributed by atoms with E-state index in [0.717, 1.165) is 18.8 Å². The predicted molar refractivity (Wildman–Crippen MR) is 83.5 cm³/mol. The molecule has 3 rings (SSSR count). The average molecular weight is 288 g/mol. The number of amides is 1. The maximum atomic E-state index is 12.2. The van der Waals surface area contributed by atoms with Crippen molar-refractivity contribution in [2.75, 3.05) is 31.1 Å². The molecule has 1 aromatic rings. The van der Waals surface area contributed by atoms with Crippen LogP contribution < -0.4 is 10.2 Å². The van der Waals surface area contributed by atoms with Crippen molar-refractivity contribution in [3.63, 3.8) is 0 Å². The first-order valence-corrected chi connectivity index (χ1v) is 7.80. The Morgan fingerprint density at radius 1 is 1.33 bits per heavy atom. The molecule has 4 heteroatoms. The molecular weight excluding hydrogens is 264 g/mol. The van der Waals surface area contributed by atoms with Gasteiger partial charge in [-0.3, -0.25) is 4.79 Å². The molecule has 0 aromatic heterocycles. The number of nitrogens with one attached hydrogen (secondary N) is 1. The summed E-state index contributed by atoms with van der Waals surface area (Å²) in [6.45, 7) is 7.10. The molecule has 1 aromatic carbocycles. The van der Waals surface area contributed by atoms with Crippen LogP contribution in [0.25, 0.3) is 0 Å². The minimum absolute atomic E-state index is 0.0556. The molecule has 2 aliphatic heterocycles. The number of carbonyl (C=O) groups excluding carboxylic acids is 1. The number of carbonyl (C=O) groups is 1. The molecule has 21 heavy (non-hydrogen) atoms. The minimum Gasteiger partial charge on any atom is -0.363 e. The van der Waals surface area contributed by atoms with Crippen molar-refractivity contribution < 1.29 is 9.53 Å². The molecule has 4 nitrogen and oxygen atoms in total. The van der Waals surface area contributed by atoms with Gasteiger partial charge < -0.3 is 15.0 Å². The zero-order chi connectivity index (χ0) is 14.9. The van der Waals surface area contributed by atoms with E-state index >= 15 is 0 Å². The molecule has 2 fully saturated rings. The van der Waals surface area contributed by atoms with Crippen LogP contribution >= 0.6 is 0 Å². The second-order valence-electron chi connectivity index (χ2n) is 6.46. The molecule has 2 aliphatic rings. The smallest absolute Gasteiger partial charge is 0.253 e. The highest BCUT2D eigenvalue weighted by molar-refractivity contribution is 5.95. The number of hydrogen-bond acceptors (Lipinski definition) is 3. The van der Waals surface area contributed by atoms with Crippen molar-refractivity contribution in [3.8, 4) is 0 Å². The highest BCUT2D eigenvalue weighted by Gasteiger charge is 2.42. The summed E-state index contributed by atoms with van der Waals surface area (Å²) in [5.74, 6) is 0.521. The van der Waals surface area contributed by atoms with E-state index in [1.54, 1.807) is 0 Å². The SMILES string of the molecule is Cc1ccc(N2CC(C)(C3CCCNC3)OCC2=O)cc1. The quantitative estimate of drug-likeness (QED) is 0.906. The summed E-state index contributed by atoms with van der Waals surface area (Å²) >= 11 is 0. The van der Waals surface area contributed by atoms with Crippen LogP contribution in [0.1, 0.15) is 25.3 Å². The molecule has 0 spiro atoms. The van der Waals surface area contributed by atoms with Gasteiger partial charge in [-0.15, -0.1) is 0 Å². The van der Waals surface area contributed by atoms with E-state index in [1.807, 2.05) is 17.0 Å². The van der Waals surface area contributed by atoms with Gasteiger partial charge in [-0.2, -0.15) is 0 Å². The van der Waals surface area contributed by atoms with Gasteiger partial charge in [0.15, 0.2) is 0 Å². The van der Waals surface area contributed by atoms with Crippen LogP contribution in [0.5, 0.6) is 0 Å². The van der Waals surface area contributed by atoms with Crippen LogP contribution in [0.15, 0.2) is 24.3 Å². The van der Waals surface area contributed by atoms with Crippen LogP contribution in [-0.4, -0.2) is 37.7 Å². The molecular formula is C17H24N2O2. The molecule has 2 atom stereocenters. The van der Waals surface area contributed by atoms with Crippen LogP contribution in [0.4, 0.5) is 5.69 Å². The van der Waals surface area contributed by atoms with E-state index in [-0.39, 0.29) is 18.1 Å². The number of anilines is 1. The van der Waals surface area contributed by atoms with Gasteiger partial charge in [0.1, 0.15) is 6.61 Å². The Kier molecular flexibility index (Phi) is 4.00. The van der Waals surface area contributed by atoms with Gasteiger partial charge in [-0.1, -0.05) is 17.7 Å². The molecule has 1 amide bonds. The fourth-order valence-electron chi connectivity index (χ4n) is 3.33. The molecule has 2 heterocycles. The Morgan fingerprint density at radius 3 is 2.76 bits per heavy atom. The fourth-order valence-corrected chi connectivity index (χ4v) is 3.33. The topological polar surface area (TPSA) is 41.6 Å². The van der Waals surface area contributed by atoms with Gasteiger partial charge in [0.25, 0.3) is 5.91 Å². The van der Waals surface area contributed by atoms with E-state index in [4.69, 9.17) is 4.74 Å². The molecule has 0 radical (unpaired) electrons. The van der Waals surface area contributed by atoms with E-state index in [1.165, 1.54) is 18.4 Å². The van der Waals surface area contributed by atoms with Crippen LogP contribution in [-0.2, 0) is 9.53 Å². The Hall–Kier alpha value is -1.39. The lowest BCUT2D eigenvalue weighted by Crippen LogP contribution is -2.59. The van der Waals surface area contributed by atoms with E-state index in [9.17, 15) is 4.79 Å². The Morgan fingerprint density at radius 2 is 2.10 bits per heavy atom. The number of ether oxygens (including phenoxy) is 1. The highest BCUT2D eigenvalue weighted by atomic mass is 16.5. The van der Waals surface area contributed by atoms with Crippen LogP contribution in [0.3, 0.4) is 0 Å². The summed E-state index contributed by atoms with van der Waals surface area (Å²) in [7, 11) is 0. The highest BCUT2D eigenvalue weighted by Crippen LogP contribution is 2.33. The summed E-state index contributed by atoms with van der Waals surface area (Å²) in [6.07, 6.45) is 2.35. The normalized spacial score (nSPS) is 30.5. The number of hydrogen-bond donors (Lipinski definition) is 1. The minimum atomic E-state index is -0.258. The van der Waals surface area contributed by atoms with Gasteiger partial charge in [0.05, 0.1) is 12.1 Å². The third kappa shape index (κ3) is 2.97. The largest absolute Gasteiger partial charge is 0.363 e. The Labute approximate surface area is 126 Å². The van der Waals surface area contributed by atoms with Gasteiger partial charge >= 0.3 is 0 Å². The summed E-state index contributed by atoms with van der Waals surface area (Å²) in [5, 5.41) is 3.45. The van der Waals surface area contributed by atoms with Crippen molar-refractivity contribution in [1.82, 2.24) is 5.32 Å². The zero-order valence-corrected chi connectivity index (χ0v) is 12.9. The number of benzene rings is 1. The average Bonchev–Trinajstić information content (AvgIpc) is 2.52. The predicted octanol–water partition coefficient (Wildman–Crippen LogP) is 2.12. The van der Waals surface area contributed by atoms with Crippen LogP contribution in [0.2, 0.25) is 0 Å². The van der Waals surface area contributed by atoms with Crippen LogP contribution in [0, 0.1) is 12.8 Å². The summed E-state index contributed by atoms with van der Waals surface area (Å²) < 4.78 is 5.96. The first-order chi connectivity index (χ1) is 10.1. The summed E-state index contributed by atoms with van der Waals surface area (Å²) in [5.41, 5.74) is 1.93. The van der Waals surface area contributed by atoms with Crippen molar-refractivity contribution >= 4 is 11.6 Å². The third-order valence-corrected chi connectivity index (χ3v) is 4.80. The molecule has 2 saturated heterocycles. The van der Waals surface area contributed by atoms with E-state index in [2.05, 4.69) is 31.3 Å². The van der Waals surface area contributed by atoms with Crippen molar-refractivity contribution in [1.29, 1.82) is 0 Å². The Bertz CT molecular complexity index is 508. The number of aryl methyl sites for hydroxylation is 1. The van der Waals surface area contributed by atoms with Gasteiger partial charge in [0, 0.05) is 18.2 Å². The maximum absolute atomic E-state index is 12.2. The molecule has 114 valence electrons. The van der Waals surface area contributed by atoms with Gasteiger partial charge in [0.2, 0.25) is 0 Å². The Balaban J connectivity index is 1.80. The third-order valence-electron chi connectivity index (χ3n) is 4.80. The second-order valence-corrected chi connectivity index (χ2v) is 6.46. The molecule has 1 N–H and O–H groups in total. The number of nitrogens with zero attached hydrogens (tertiary/aromatic N) is 1. The molecule has 0 aliphatic carbocycles. The summed E-state index contributed by atoms with van der Waals surface area (Å²) in [4.78, 5) is 14.1. The first kappa shape index (κ1) is 14.5. The first-order valence-electron chi connectivity index (χ1n) is 7.80. The van der Waals surface area contributed by atoms with E-state index < -0.39 is 0 Å². The standard InChI is InChI=1S/C17H24N2O2/c1-13-5-7-15(8-6-13)19-12-17(2,21-11-16(19)20)14-4-3-9-18-10-14/h5-8,14,18H,3-4,9-12H2,1-2H3. The lowest BCUT2D eigenvalue weighted by atomic mass is 9.82. The van der Waals surface area contributed by atoms with Crippen molar-refractivity contribution in [2.45, 2.75) is 32.3 Å². The number of morpholine rings is 1. The lowest BCUT2D eigenvalue weighted by molar-refractivity contribution is -0.144. The lowest BCUT2D eigenvalue weighted by Gasteiger charge is -2.46. The van der Waals surface area contributed by atoms with Crippen molar-refractivity contribution in [3.05, 3.63) is 29.8 Å². The fraction of sp³-hybridized carbons (Fsp3) is 0.588. The summed E-state index contributed by atoms with van der Waals surface area (Å²) in [6, 6.07) is 8.16. The maximum Gasteiger partial charge on any atom is 0.253 e. The number of rotatable bonds is 2.